The standard InChI is InChI=1S/C15H29N3O/c1-3-14(16-6-1)4-2-7-17-8-5-15(13-17)18-9-11-19-12-10-18/h14-16H,1-13H2. The van der Waals surface area contributed by atoms with Gasteiger partial charge in [0.25, 0.3) is 0 Å². The van der Waals surface area contributed by atoms with E-state index in [2.05, 4.69) is 15.1 Å². The molecule has 0 aromatic carbocycles. The Bertz CT molecular complexity index is 262. The van der Waals surface area contributed by atoms with Gasteiger partial charge < -0.3 is 15.0 Å². The average Bonchev–Trinajstić information content (AvgIpc) is 3.11. The van der Waals surface area contributed by atoms with Gasteiger partial charge in [-0.15, -0.1) is 0 Å². The summed E-state index contributed by atoms with van der Waals surface area (Å²) >= 11 is 0. The van der Waals surface area contributed by atoms with Crippen molar-refractivity contribution in [3.05, 3.63) is 0 Å². The van der Waals surface area contributed by atoms with Crippen LogP contribution in [0, 0.1) is 0 Å². The Morgan fingerprint density at radius 2 is 2.00 bits per heavy atom. The van der Waals surface area contributed by atoms with Crippen LogP contribution in [0.1, 0.15) is 32.1 Å². The maximum Gasteiger partial charge on any atom is 0.0594 e. The molecule has 3 aliphatic heterocycles. The van der Waals surface area contributed by atoms with E-state index in [1.54, 1.807) is 0 Å². The predicted molar refractivity (Wildman–Crippen MR) is 77.5 cm³/mol. The van der Waals surface area contributed by atoms with Gasteiger partial charge in [0, 0.05) is 31.7 Å². The van der Waals surface area contributed by atoms with Gasteiger partial charge in [-0.1, -0.05) is 0 Å². The molecule has 0 amide bonds. The number of hydrogen-bond acceptors (Lipinski definition) is 4. The van der Waals surface area contributed by atoms with Crippen LogP contribution in [0.15, 0.2) is 0 Å². The fraction of sp³-hybridized carbons (Fsp3) is 1.00. The van der Waals surface area contributed by atoms with Crippen molar-refractivity contribution in [2.45, 2.75) is 44.2 Å². The van der Waals surface area contributed by atoms with Gasteiger partial charge >= 0.3 is 0 Å². The second-order valence-electron chi connectivity index (χ2n) is 6.33. The molecule has 0 saturated carbocycles. The molecule has 2 unspecified atom stereocenters. The van der Waals surface area contributed by atoms with Crippen molar-refractivity contribution in [3.63, 3.8) is 0 Å². The molecule has 19 heavy (non-hydrogen) atoms. The van der Waals surface area contributed by atoms with Crippen molar-refractivity contribution < 1.29 is 4.74 Å². The summed E-state index contributed by atoms with van der Waals surface area (Å²) in [6, 6.07) is 1.62. The van der Waals surface area contributed by atoms with Crippen molar-refractivity contribution in [1.82, 2.24) is 15.1 Å². The molecule has 0 aliphatic carbocycles. The van der Waals surface area contributed by atoms with Crippen LogP contribution in [0.4, 0.5) is 0 Å². The zero-order chi connectivity index (χ0) is 12.9. The second kappa shape index (κ2) is 7.02. The Hall–Kier alpha value is -0.160. The highest BCUT2D eigenvalue weighted by atomic mass is 16.5. The van der Waals surface area contributed by atoms with Crippen LogP contribution in [0.25, 0.3) is 0 Å². The van der Waals surface area contributed by atoms with Crippen molar-refractivity contribution in [2.75, 3.05) is 52.5 Å². The van der Waals surface area contributed by atoms with E-state index in [0.717, 1.165) is 38.4 Å². The van der Waals surface area contributed by atoms with Crippen molar-refractivity contribution >= 4 is 0 Å². The molecule has 3 rings (SSSR count). The van der Waals surface area contributed by atoms with Gasteiger partial charge in [0.15, 0.2) is 0 Å². The molecular formula is C15H29N3O. The summed E-state index contributed by atoms with van der Waals surface area (Å²) in [5, 5.41) is 3.60. The number of ether oxygens (including phenoxy) is 1. The molecule has 4 heteroatoms. The molecule has 0 bridgehead atoms. The summed E-state index contributed by atoms with van der Waals surface area (Å²) < 4.78 is 5.45. The van der Waals surface area contributed by atoms with Crippen LogP contribution in [0.5, 0.6) is 0 Å². The van der Waals surface area contributed by atoms with Gasteiger partial charge in [0.05, 0.1) is 13.2 Å². The topological polar surface area (TPSA) is 27.7 Å². The largest absolute Gasteiger partial charge is 0.379 e. The number of likely N-dealkylation sites (tertiary alicyclic amines) is 1. The summed E-state index contributed by atoms with van der Waals surface area (Å²) in [5.74, 6) is 0. The summed E-state index contributed by atoms with van der Waals surface area (Å²) in [6.45, 7) is 9.30. The van der Waals surface area contributed by atoms with Crippen LogP contribution in [-0.4, -0.2) is 74.4 Å². The van der Waals surface area contributed by atoms with E-state index in [-0.39, 0.29) is 0 Å². The molecule has 0 aromatic heterocycles. The summed E-state index contributed by atoms with van der Waals surface area (Å²) in [6.07, 6.45) is 6.89. The Morgan fingerprint density at radius 1 is 1.11 bits per heavy atom. The van der Waals surface area contributed by atoms with Crippen molar-refractivity contribution in [3.8, 4) is 0 Å². The third-order valence-electron chi connectivity index (χ3n) is 5.00. The molecule has 3 saturated heterocycles. The van der Waals surface area contributed by atoms with Gasteiger partial charge in [-0.25, -0.2) is 0 Å². The number of hydrogen-bond donors (Lipinski definition) is 1. The van der Waals surface area contributed by atoms with E-state index >= 15 is 0 Å². The van der Waals surface area contributed by atoms with Crippen LogP contribution < -0.4 is 5.32 Å². The first-order valence-electron chi connectivity index (χ1n) is 8.19. The van der Waals surface area contributed by atoms with Gasteiger partial charge in [0.2, 0.25) is 0 Å². The molecular weight excluding hydrogens is 238 g/mol. The van der Waals surface area contributed by atoms with Crippen LogP contribution >= 0.6 is 0 Å². The third-order valence-corrected chi connectivity index (χ3v) is 5.00. The highest BCUT2D eigenvalue weighted by Gasteiger charge is 2.28. The van der Waals surface area contributed by atoms with E-state index in [9.17, 15) is 0 Å². The average molecular weight is 267 g/mol. The minimum absolute atomic E-state index is 0.800. The summed E-state index contributed by atoms with van der Waals surface area (Å²) in [7, 11) is 0. The normalized spacial score (nSPS) is 34.1. The van der Waals surface area contributed by atoms with Crippen molar-refractivity contribution in [2.24, 2.45) is 0 Å². The highest BCUT2D eigenvalue weighted by Crippen LogP contribution is 2.18. The number of nitrogens with zero attached hydrogens (tertiary/aromatic N) is 2. The van der Waals surface area contributed by atoms with E-state index in [4.69, 9.17) is 4.74 Å². The minimum atomic E-state index is 0.800. The zero-order valence-corrected chi connectivity index (χ0v) is 12.1. The molecule has 0 aromatic rings. The predicted octanol–water partition coefficient (Wildman–Crippen LogP) is 0.925. The smallest absolute Gasteiger partial charge is 0.0594 e. The highest BCUT2D eigenvalue weighted by molar-refractivity contribution is 4.84. The van der Waals surface area contributed by atoms with Gasteiger partial charge in [0.1, 0.15) is 0 Å². The van der Waals surface area contributed by atoms with Gasteiger partial charge in [-0.05, 0) is 51.7 Å². The molecule has 0 spiro atoms. The lowest BCUT2D eigenvalue weighted by atomic mass is 10.1. The lowest BCUT2D eigenvalue weighted by Crippen LogP contribution is -2.44. The van der Waals surface area contributed by atoms with Gasteiger partial charge in [-0.2, -0.15) is 0 Å². The Balaban J connectivity index is 1.32. The summed E-state index contributed by atoms with van der Waals surface area (Å²) in [5.41, 5.74) is 0. The SMILES string of the molecule is C1CNC(CCCN2CCC(N3CCOCC3)C2)C1. The molecule has 2 atom stereocenters. The van der Waals surface area contributed by atoms with Crippen LogP contribution in [-0.2, 0) is 4.74 Å². The Labute approximate surface area is 117 Å². The van der Waals surface area contributed by atoms with E-state index in [1.807, 2.05) is 0 Å². The first kappa shape index (κ1) is 13.8. The lowest BCUT2D eigenvalue weighted by molar-refractivity contribution is 0.0185. The Morgan fingerprint density at radius 3 is 2.79 bits per heavy atom. The number of rotatable bonds is 5. The number of nitrogens with one attached hydrogen (secondary N) is 1. The quantitative estimate of drug-likeness (QED) is 0.802. The number of morpholine rings is 1. The van der Waals surface area contributed by atoms with E-state index < -0.39 is 0 Å². The molecule has 3 aliphatic rings. The molecule has 1 N–H and O–H groups in total. The van der Waals surface area contributed by atoms with E-state index in [0.29, 0.717) is 0 Å². The molecule has 0 radical (unpaired) electrons. The molecule has 3 heterocycles. The lowest BCUT2D eigenvalue weighted by Gasteiger charge is -2.32. The van der Waals surface area contributed by atoms with Crippen LogP contribution in [0.3, 0.4) is 0 Å². The maximum atomic E-state index is 5.45. The maximum absolute atomic E-state index is 5.45. The Kier molecular flexibility index (Phi) is 5.10. The van der Waals surface area contributed by atoms with Gasteiger partial charge in [-0.3, -0.25) is 4.90 Å². The fourth-order valence-corrected chi connectivity index (χ4v) is 3.82. The zero-order valence-electron chi connectivity index (χ0n) is 12.1. The van der Waals surface area contributed by atoms with Crippen LogP contribution in [0.2, 0.25) is 0 Å². The first-order valence-corrected chi connectivity index (χ1v) is 8.19. The second-order valence-corrected chi connectivity index (χ2v) is 6.33. The monoisotopic (exact) mass is 267 g/mol. The molecule has 3 fully saturated rings. The fourth-order valence-electron chi connectivity index (χ4n) is 3.82. The summed E-state index contributed by atoms with van der Waals surface area (Å²) in [4.78, 5) is 5.32. The van der Waals surface area contributed by atoms with E-state index in [1.165, 1.54) is 58.3 Å². The van der Waals surface area contributed by atoms with Crippen molar-refractivity contribution in [1.29, 1.82) is 0 Å². The first-order chi connectivity index (χ1) is 9.42. The molecule has 4 nitrogen and oxygen atoms in total. The third kappa shape index (κ3) is 3.91. The minimum Gasteiger partial charge on any atom is -0.379 e. The molecule has 110 valence electrons.